The zero-order valence-electron chi connectivity index (χ0n) is 34.5. The van der Waals surface area contributed by atoms with Gasteiger partial charge in [-0.25, -0.2) is 9.59 Å². The van der Waals surface area contributed by atoms with Crippen molar-refractivity contribution >= 4 is 49.8 Å². The summed E-state index contributed by atoms with van der Waals surface area (Å²) in [6, 6.07) is 7.04. The molecule has 20 nitrogen and oxygen atoms in total. The number of nitrogens with one attached hydrogen (secondary N) is 1. The zero-order chi connectivity index (χ0) is 44.2. The molecule has 1 aromatic rings. The van der Waals surface area contributed by atoms with Crippen LogP contribution in [0.25, 0.3) is 0 Å². The van der Waals surface area contributed by atoms with Crippen LogP contribution in [0.4, 0.5) is 0 Å². The minimum Gasteiger partial charge on any atom is -0.465 e. The third-order valence-corrected chi connectivity index (χ3v) is 10.7. The van der Waals surface area contributed by atoms with Crippen molar-refractivity contribution in [3.63, 3.8) is 0 Å². The number of hydrogen-bond acceptors (Lipinski definition) is 19. The molecule has 2 aliphatic rings. The lowest BCUT2D eigenvalue weighted by molar-refractivity contribution is -0.370. The van der Waals surface area contributed by atoms with Gasteiger partial charge in [0.15, 0.2) is 18.5 Å². The van der Waals surface area contributed by atoms with E-state index in [0.29, 0.717) is 6.04 Å². The molecule has 330 valence electrons. The van der Waals surface area contributed by atoms with Gasteiger partial charge in [-0.3, -0.25) is 24.0 Å². The first-order chi connectivity index (χ1) is 27.6. The van der Waals surface area contributed by atoms with Gasteiger partial charge in [0.05, 0.1) is 25.1 Å². The largest absolute Gasteiger partial charge is 0.465 e. The molecule has 0 aliphatic carbocycles. The predicted octanol–water partition coefficient (Wildman–Crippen LogP) is 0.551. The van der Waals surface area contributed by atoms with Gasteiger partial charge in [-0.1, -0.05) is 37.8 Å². The highest BCUT2D eigenvalue weighted by atomic mass is 28.3. The van der Waals surface area contributed by atoms with E-state index >= 15 is 0 Å². The van der Waals surface area contributed by atoms with E-state index < -0.39 is 136 Å². The van der Waals surface area contributed by atoms with Gasteiger partial charge in [0.2, 0.25) is 5.91 Å². The van der Waals surface area contributed by atoms with Crippen LogP contribution in [0.3, 0.4) is 0 Å². The van der Waals surface area contributed by atoms with Crippen molar-refractivity contribution in [2.45, 2.75) is 134 Å². The van der Waals surface area contributed by atoms with E-state index in [9.17, 15) is 43.8 Å². The number of rotatable bonds is 18. The predicted molar refractivity (Wildman–Crippen MR) is 202 cm³/mol. The molecular formula is C38H55NO19Si. The molecule has 2 heterocycles. The molecular weight excluding hydrogens is 802 g/mol. The number of carbonyl (C=O) groups is 7. The molecule has 0 bridgehead atoms. The first-order valence-corrected chi connectivity index (χ1v) is 22.5. The summed E-state index contributed by atoms with van der Waals surface area (Å²) in [6.45, 7) is 10.2. The molecule has 2 aliphatic heterocycles. The number of benzene rings is 1. The highest BCUT2D eigenvalue weighted by Crippen LogP contribution is 2.40. The standard InChI is InChI=1S/C38H55NO19Si/c1-20(40)39-29-26(53-22(3)42)17-38(37(48)49-6,57-33(29)32(55-24(5)44)28(54-23(4)43)19-51-21(2)41)58-34-30(45)27(18-52-35(47)25-13-11-10-12-14-25)56-36(31(34)46)50-15-16-59(7,8)9/h10-14,26-34,36,45-46H,15-19H2,1-9H3,(H,39,40)/t26-,27+,28+,29+,30-,31+,32+,33+,34-,36+,38-/m0/s1. The first-order valence-electron chi connectivity index (χ1n) is 18.8. The van der Waals surface area contributed by atoms with Crippen LogP contribution in [-0.4, -0.2) is 154 Å². The van der Waals surface area contributed by atoms with Gasteiger partial charge >= 0.3 is 35.8 Å². The number of amides is 1. The average Bonchev–Trinajstić information content (AvgIpc) is 3.14. The monoisotopic (exact) mass is 857 g/mol. The topological polar surface area (TPSA) is 264 Å². The summed E-state index contributed by atoms with van der Waals surface area (Å²) in [5, 5.41) is 26.0. The third kappa shape index (κ3) is 14.3. The molecule has 0 saturated carbocycles. The second-order valence-corrected chi connectivity index (χ2v) is 20.8. The van der Waals surface area contributed by atoms with E-state index in [4.69, 9.17) is 47.4 Å². The van der Waals surface area contributed by atoms with E-state index in [0.717, 1.165) is 41.7 Å². The fourth-order valence-corrected chi connectivity index (χ4v) is 7.08. The molecule has 0 spiro atoms. The zero-order valence-corrected chi connectivity index (χ0v) is 35.5. The summed E-state index contributed by atoms with van der Waals surface area (Å²) in [7, 11) is -0.760. The third-order valence-electron chi connectivity index (χ3n) is 8.99. The molecule has 3 rings (SSSR count). The van der Waals surface area contributed by atoms with Crippen LogP contribution in [0.1, 0.15) is 51.4 Å². The molecule has 0 radical (unpaired) electrons. The number of ether oxygens (including phenoxy) is 10. The van der Waals surface area contributed by atoms with E-state index in [-0.39, 0.29) is 12.2 Å². The quantitative estimate of drug-likeness (QED) is 0.103. The number of esters is 6. The van der Waals surface area contributed by atoms with Gasteiger partial charge in [0.25, 0.3) is 5.79 Å². The summed E-state index contributed by atoms with van der Waals surface area (Å²) >= 11 is 0. The molecule has 1 aromatic carbocycles. The molecule has 21 heteroatoms. The molecule has 2 fully saturated rings. The van der Waals surface area contributed by atoms with Crippen LogP contribution in [-0.2, 0) is 76.1 Å². The molecule has 0 unspecified atom stereocenters. The fraction of sp³-hybridized carbons (Fsp3) is 0.658. The van der Waals surface area contributed by atoms with Crippen molar-refractivity contribution in [3.8, 4) is 0 Å². The van der Waals surface area contributed by atoms with Gasteiger partial charge in [0, 0.05) is 49.3 Å². The van der Waals surface area contributed by atoms with Crippen molar-refractivity contribution in [1.82, 2.24) is 5.32 Å². The normalized spacial score (nSPS) is 27.8. The van der Waals surface area contributed by atoms with Gasteiger partial charge < -0.3 is 62.9 Å². The van der Waals surface area contributed by atoms with Crippen molar-refractivity contribution in [2.24, 2.45) is 0 Å². The van der Waals surface area contributed by atoms with E-state index in [1.54, 1.807) is 18.2 Å². The number of carbonyl (C=O) groups excluding carboxylic acids is 7. The van der Waals surface area contributed by atoms with E-state index in [1.807, 2.05) is 0 Å². The minimum atomic E-state index is -2.81. The van der Waals surface area contributed by atoms with Gasteiger partial charge in [-0.15, -0.1) is 0 Å². The van der Waals surface area contributed by atoms with Crippen molar-refractivity contribution < 1.29 is 91.1 Å². The van der Waals surface area contributed by atoms with Crippen molar-refractivity contribution in [2.75, 3.05) is 26.9 Å². The fourth-order valence-electron chi connectivity index (χ4n) is 6.35. The lowest BCUT2D eigenvalue weighted by Crippen LogP contribution is -2.71. The second-order valence-electron chi connectivity index (χ2n) is 15.2. The maximum Gasteiger partial charge on any atom is 0.366 e. The van der Waals surface area contributed by atoms with Crippen LogP contribution in [0, 0.1) is 0 Å². The second kappa shape index (κ2) is 21.7. The van der Waals surface area contributed by atoms with Crippen LogP contribution < -0.4 is 5.32 Å². The highest BCUT2D eigenvalue weighted by molar-refractivity contribution is 6.76. The summed E-state index contributed by atoms with van der Waals surface area (Å²) in [5.74, 6) is -9.33. The molecule has 1 amide bonds. The Balaban J connectivity index is 2.19. The number of aliphatic hydroxyl groups excluding tert-OH is 2. The van der Waals surface area contributed by atoms with Gasteiger partial charge in [-0.2, -0.15) is 0 Å². The lowest BCUT2D eigenvalue weighted by atomic mass is 9.87. The van der Waals surface area contributed by atoms with Crippen LogP contribution in [0.15, 0.2) is 30.3 Å². The smallest absolute Gasteiger partial charge is 0.366 e. The first kappa shape index (κ1) is 48.9. The number of methoxy groups -OCH3 is 1. The van der Waals surface area contributed by atoms with Gasteiger partial charge in [0.1, 0.15) is 49.8 Å². The van der Waals surface area contributed by atoms with Crippen LogP contribution >= 0.6 is 0 Å². The molecule has 59 heavy (non-hydrogen) atoms. The Hall–Kier alpha value is -4.51. The Morgan fingerprint density at radius 3 is 2.07 bits per heavy atom. The lowest BCUT2D eigenvalue weighted by Gasteiger charge is -2.51. The Kier molecular flexibility index (Phi) is 17.9. The van der Waals surface area contributed by atoms with E-state index in [2.05, 4.69) is 25.0 Å². The molecule has 0 aromatic heterocycles. The molecule has 11 atom stereocenters. The summed E-state index contributed by atoms with van der Waals surface area (Å²) in [5.41, 5.74) is 0.188. The summed E-state index contributed by atoms with van der Waals surface area (Å²) < 4.78 is 56.7. The SMILES string of the molecule is COC(=O)[C@@]1(O[C@H]2[C@@H](O)[C@@H](COC(=O)c3ccccc3)O[C@@H](OCC[Si](C)(C)C)[C@@H]2O)C[C@H](OC(C)=O)[C@@H](NC(C)=O)[C@H]([C@H](OC(C)=O)[C@@H](COC(C)=O)OC(C)=O)O1. The van der Waals surface area contributed by atoms with Crippen molar-refractivity contribution in [3.05, 3.63) is 35.9 Å². The molecule has 2 saturated heterocycles. The summed E-state index contributed by atoms with van der Waals surface area (Å²) in [4.78, 5) is 89.1. The van der Waals surface area contributed by atoms with E-state index in [1.165, 1.54) is 12.1 Å². The number of aliphatic hydroxyl groups is 2. The van der Waals surface area contributed by atoms with Crippen LogP contribution in [0.2, 0.25) is 25.7 Å². The highest BCUT2D eigenvalue weighted by Gasteiger charge is 2.62. The molecule has 3 N–H and O–H groups in total. The minimum absolute atomic E-state index is 0.0916. The Bertz CT molecular complexity index is 1640. The Morgan fingerprint density at radius 1 is 0.881 bits per heavy atom. The average molecular weight is 858 g/mol. The Labute approximate surface area is 342 Å². The van der Waals surface area contributed by atoms with Crippen molar-refractivity contribution in [1.29, 1.82) is 0 Å². The maximum absolute atomic E-state index is 14.1. The number of hydrogen-bond donors (Lipinski definition) is 3. The summed E-state index contributed by atoms with van der Waals surface area (Å²) in [6.07, 6.45) is -16.5. The van der Waals surface area contributed by atoms with Gasteiger partial charge in [-0.05, 0) is 18.2 Å². The maximum atomic E-state index is 14.1. The Morgan fingerprint density at radius 2 is 1.53 bits per heavy atom. The van der Waals surface area contributed by atoms with Crippen LogP contribution in [0.5, 0.6) is 0 Å².